The molecule has 0 bridgehead atoms. The molecular formula is C15H19FN6O. The number of hydrazine groups is 1. The normalized spacial score (nSPS) is 28.6. The number of aromatic nitrogens is 1. The van der Waals surface area contributed by atoms with E-state index in [2.05, 4.69) is 27.1 Å². The lowest BCUT2D eigenvalue weighted by Crippen LogP contribution is -2.51. The molecule has 1 aromatic heterocycles. The van der Waals surface area contributed by atoms with Gasteiger partial charge in [-0.3, -0.25) is 4.79 Å². The molecule has 0 saturated carbocycles. The van der Waals surface area contributed by atoms with Crippen molar-refractivity contribution in [1.82, 2.24) is 20.7 Å². The number of pyridine rings is 1. The molecule has 7 nitrogen and oxygen atoms in total. The van der Waals surface area contributed by atoms with Crippen LogP contribution < -0.4 is 16.1 Å². The number of carbonyl (C=O) groups is 1. The molecule has 3 heterocycles. The number of hydrogen-bond acceptors (Lipinski definition) is 6. The molecule has 0 radical (unpaired) electrons. The van der Waals surface area contributed by atoms with E-state index in [0.29, 0.717) is 18.7 Å². The van der Waals surface area contributed by atoms with Gasteiger partial charge in [0, 0.05) is 36.6 Å². The van der Waals surface area contributed by atoms with Crippen LogP contribution in [0.5, 0.6) is 0 Å². The van der Waals surface area contributed by atoms with E-state index in [1.165, 1.54) is 12.3 Å². The van der Waals surface area contributed by atoms with Gasteiger partial charge in [-0.1, -0.05) is 0 Å². The first-order chi connectivity index (χ1) is 11.1. The van der Waals surface area contributed by atoms with Crippen molar-refractivity contribution in [2.75, 3.05) is 11.9 Å². The number of rotatable bonds is 4. The molecule has 0 aromatic carbocycles. The first kappa shape index (κ1) is 15.6. The van der Waals surface area contributed by atoms with E-state index in [4.69, 9.17) is 5.26 Å². The maximum Gasteiger partial charge on any atom is 0.228 e. The SMILES string of the molecule is CC(CC#N)N1NC(Nc2ccnc(F)c2)C2C(=O)NCCC21. The van der Waals surface area contributed by atoms with Crippen LogP contribution in [0.3, 0.4) is 0 Å². The Morgan fingerprint density at radius 1 is 1.65 bits per heavy atom. The number of nitrogens with zero attached hydrogens (tertiary/aromatic N) is 3. The second kappa shape index (κ2) is 6.48. The fraction of sp³-hybridized carbons (Fsp3) is 0.533. The number of halogens is 1. The minimum absolute atomic E-state index is 0.0104. The van der Waals surface area contributed by atoms with Crippen LogP contribution in [0.4, 0.5) is 10.1 Å². The highest BCUT2D eigenvalue weighted by Crippen LogP contribution is 2.30. The highest BCUT2D eigenvalue weighted by Gasteiger charge is 2.48. The lowest BCUT2D eigenvalue weighted by Gasteiger charge is -2.33. The Morgan fingerprint density at radius 2 is 2.48 bits per heavy atom. The highest BCUT2D eigenvalue weighted by atomic mass is 19.1. The molecule has 3 N–H and O–H groups in total. The lowest BCUT2D eigenvalue weighted by atomic mass is 9.90. The largest absolute Gasteiger partial charge is 0.368 e. The smallest absolute Gasteiger partial charge is 0.228 e. The van der Waals surface area contributed by atoms with E-state index in [1.807, 2.05) is 11.9 Å². The molecule has 2 aliphatic heterocycles. The number of piperidine rings is 1. The molecule has 2 saturated heterocycles. The molecule has 23 heavy (non-hydrogen) atoms. The minimum Gasteiger partial charge on any atom is -0.368 e. The Morgan fingerprint density at radius 3 is 3.22 bits per heavy atom. The van der Waals surface area contributed by atoms with Crippen LogP contribution in [0.15, 0.2) is 18.3 Å². The van der Waals surface area contributed by atoms with Crippen LogP contribution >= 0.6 is 0 Å². The molecular weight excluding hydrogens is 299 g/mol. The fourth-order valence-electron chi connectivity index (χ4n) is 3.32. The van der Waals surface area contributed by atoms with E-state index in [0.717, 1.165) is 6.42 Å². The number of nitriles is 1. The van der Waals surface area contributed by atoms with E-state index in [-0.39, 0.29) is 30.1 Å². The summed E-state index contributed by atoms with van der Waals surface area (Å²) in [6, 6.07) is 5.10. The van der Waals surface area contributed by atoms with Crippen molar-refractivity contribution in [2.45, 2.75) is 38.0 Å². The van der Waals surface area contributed by atoms with Gasteiger partial charge in [0.1, 0.15) is 6.17 Å². The van der Waals surface area contributed by atoms with Gasteiger partial charge < -0.3 is 10.6 Å². The summed E-state index contributed by atoms with van der Waals surface area (Å²) >= 11 is 0. The van der Waals surface area contributed by atoms with Crippen molar-refractivity contribution >= 4 is 11.6 Å². The van der Waals surface area contributed by atoms with Gasteiger partial charge in [-0.2, -0.15) is 9.65 Å². The lowest BCUT2D eigenvalue weighted by molar-refractivity contribution is -0.127. The van der Waals surface area contributed by atoms with Gasteiger partial charge in [-0.15, -0.1) is 0 Å². The third-order valence-electron chi connectivity index (χ3n) is 4.37. The Labute approximate surface area is 133 Å². The maximum absolute atomic E-state index is 13.3. The number of fused-ring (bicyclic) bond motifs is 1. The summed E-state index contributed by atoms with van der Waals surface area (Å²) in [6.45, 7) is 2.57. The molecule has 1 aromatic rings. The third kappa shape index (κ3) is 3.11. The van der Waals surface area contributed by atoms with Gasteiger partial charge in [0.05, 0.1) is 18.4 Å². The van der Waals surface area contributed by atoms with Gasteiger partial charge in [0.25, 0.3) is 0 Å². The first-order valence-corrected chi connectivity index (χ1v) is 7.67. The molecule has 4 unspecified atom stereocenters. The van der Waals surface area contributed by atoms with Crippen molar-refractivity contribution < 1.29 is 9.18 Å². The Balaban J connectivity index is 1.81. The first-order valence-electron chi connectivity index (χ1n) is 7.67. The van der Waals surface area contributed by atoms with Gasteiger partial charge in [0.2, 0.25) is 11.9 Å². The van der Waals surface area contributed by atoms with Gasteiger partial charge in [0.15, 0.2) is 0 Å². The van der Waals surface area contributed by atoms with Crippen molar-refractivity contribution in [2.24, 2.45) is 5.92 Å². The summed E-state index contributed by atoms with van der Waals surface area (Å²) in [6.07, 6.45) is 2.20. The van der Waals surface area contributed by atoms with Crippen LogP contribution in [0.1, 0.15) is 19.8 Å². The van der Waals surface area contributed by atoms with Crippen LogP contribution in [0.25, 0.3) is 0 Å². The number of amides is 1. The third-order valence-corrected chi connectivity index (χ3v) is 4.37. The Kier molecular flexibility index (Phi) is 4.41. The van der Waals surface area contributed by atoms with Crippen LogP contribution in [0.2, 0.25) is 0 Å². The molecule has 122 valence electrons. The molecule has 8 heteroatoms. The zero-order valence-electron chi connectivity index (χ0n) is 12.8. The molecule has 1 amide bonds. The summed E-state index contributed by atoms with van der Waals surface area (Å²) in [5.41, 5.74) is 3.84. The van der Waals surface area contributed by atoms with Gasteiger partial charge in [-0.05, 0) is 19.4 Å². The summed E-state index contributed by atoms with van der Waals surface area (Å²) in [4.78, 5) is 15.8. The van der Waals surface area contributed by atoms with Crippen LogP contribution in [-0.4, -0.2) is 40.7 Å². The summed E-state index contributed by atoms with van der Waals surface area (Å²) in [5.74, 6) is -0.916. The van der Waals surface area contributed by atoms with E-state index >= 15 is 0 Å². The average Bonchev–Trinajstić information content (AvgIpc) is 2.88. The van der Waals surface area contributed by atoms with E-state index in [1.54, 1.807) is 6.07 Å². The molecule has 2 fully saturated rings. The number of nitrogens with one attached hydrogen (secondary N) is 3. The monoisotopic (exact) mass is 318 g/mol. The molecule has 3 rings (SSSR count). The zero-order chi connectivity index (χ0) is 16.4. The zero-order valence-corrected chi connectivity index (χ0v) is 12.8. The van der Waals surface area contributed by atoms with Crippen LogP contribution in [0, 0.1) is 23.2 Å². The second-order valence-electron chi connectivity index (χ2n) is 5.91. The predicted molar refractivity (Wildman–Crippen MR) is 81.2 cm³/mol. The van der Waals surface area contributed by atoms with Crippen LogP contribution in [-0.2, 0) is 4.79 Å². The van der Waals surface area contributed by atoms with Crippen molar-refractivity contribution in [3.05, 3.63) is 24.3 Å². The fourth-order valence-corrected chi connectivity index (χ4v) is 3.32. The molecule has 2 aliphatic rings. The van der Waals surface area contributed by atoms with Gasteiger partial charge in [-0.25, -0.2) is 15.4 Å². The van der Waals surface area contributed by atoms with Crippen molar-refractivity contribution in [3.63, 3.8) is 0 Å². The quantitative estimate of drug-likeness (QED) is 0.704. The van der Waals surface area contributed by atoms with Crippen molar-refractivity contribution in [1.29, 1.82) is 5.26 Å². The standard InChI is InChI=1S/C15H19FN6O/c1-9(2-5-17)22-11-4-7-19-15(23)13(11)14(21-22)20-10-3-6-18-12(16)8-10/h3,6,8-9,11,13-14,21H,2,4,7H2,1H3,(H,18,20)(H,19,23). The highest BCUT2D eigenvalue weighted by molar-refractivity contribution is 5.81. The molecule has 4 atom stereocenters. The Bertz CT molecular complexity index is 633. The number of carbonyl (C=O) groups excluding carboxylic acids is 1. The summed E-state index contributed by atoms with van der Waals surface area (Å²) in [5, 5.41) is 17.0. The van der Waals surface area contributed by atoms with Crippen molar-refractivity contribution in [3.8, 4) is 6.07 Å². The summed E-state index contributed by atoms with van der Waals surface area (Å²) < 4.78 is 13.3. The Hall–Kier alpha value is -2.24. The second-order valence-corrected chi connectivity index (χ2v) is 5.91. The maximum atomic E-state index is 13.3. The van der Waals surface area contributed by atoms with Gasteiger partial charge >= 0.3 is 0 Å². The molecule has 0 aliphatic carbocycles. The number of anilines is 1. The predicted octanol–water partition coefficient (Wildman–Crippen LogP) is 0.586. The summed E-state index contributed by atoms with van der Waals surface area (Å²) in [7, 11) is 0. The molecule has 0 spiro atoms. The number of hydrogen-bond donors (Lipinski definition) is 3. The van der Waals surface area contributed by atoms with E-state index in [9.17, 15) is 9.18 Å². The topological polar surface area (TPSA) is 93.1 Å². The average molecular weight is 318 g/mol. The van der Waals surface area contributed by atoms with E-state index < -0.39 is 5.95 Å². The minimum atomic E-state index is -0.577.